The SMILES string of the molecule is COCCNCC1CCN(CCn2ccnc2C)CC1. The summed E-state index contributed by atoms with van der Waals surface area (Å²) in [5.41, 5.74) is 0. The summed E-state index contributed by atoms with van der Waals surface area (Å²) in [4.78, 5) is 6.84. The van der Waals surface area contributed by atoms with Gasteiger partial charge in [0.15, 0.2) is 0 Å². The molecule has 0 aromatic carbocycles. The zero-order valence-electron chi connectivity index (χ0n) is 12.8. The van der Waals surface area contributed by atoms with Crippen molar-refractivity contribution in [1.29, 1.82) is 0 Å². The van der Waals surface area contributed by atoms with Crippen molar-refractivity contribution in [2.75, 3.05) is 46.4 Å². The van der Waals surface area contributed by atoms with Crippen molar-refractivity contribution in [3.8, 4) is 0 Å². The van der Waals surface area contributed by atoms with Gasteiger partial charge in [0.25, 0.3) is 0 Å². The quantitative estimate of drug-likeness (QED) is 0.725. The molecule has 0 unspecified atom stereocenters. The first kappa shape index (κ1) is 15.5. The number of aryl methyl sites for hydroxylation is 1. The number of aromatic nitrogens is 2. The molecule has 0 radical (unpaired) electrons. The first-order chi connectivity index (χ1) is 9.79. The molecule has 2 heterocycles. The second-order valence-electron chi connectivity index (χ2n) is 5.65. The van der Waals surface area contributed by atoms with E-state index in [-0.39, 0.29) is 0 Å². The zero-order chi connectivity index (χ0) is 14.2. The second-order valence-corrected chi connectivity index (χ2v) is 5.65. The Balaban J connectivity index is 1.58. The maximum Gasteiger partial charge on any atom is 0.105 e. The zero-order valence-corrected chi connectivity index (χ0v) is 12.8. The van der Waals surface area contributed by atoms with Gasteiger partial charge in [0.1, 0.15) is 5.82 Å². The van der Waals surface area contributed by atoms with Crippen molar-refractivity contribution >= 4 is 0 Å². The van der Waals surface area contributed by atoms with Gasteiger partial charge in [0.2, 0.25) is 0 Å². The molecule has 0 aliphatic carbocycles. The number of methoxy groups -OCH3 is 1. The molecule has 1 aliphatic rings. The average Bonchev–Trinajstić information content (AvgIpc) is 2.88. The Bertz CT molecular complexity index is 372. The van der Waals surface area contributed by atoms with Crippen LogP contribution in [0.25, 0.3) is 0 Å². The lowest BCUT2D eigenvalue weighted by Crippen LogP contribution is -2.39. The van der Waals surface area contributed by atoms with Crippen molar-refractivity contribution in [2.24, 2.45) is 5.92 Å². The molecule has 2 rings (SSSR count). The van der Waals surface area contributed by atoms with Crippen molar-refractivity contribution in [1.82, 2.24) is 19.8 Å². The summed E-state index contributed by atoms with van der Waals surface area (Å²) in [6, 6.07) is 0. The summed E-state index contributed by atoms with van der Waals surface area (Å²) in [5, 5.41) is 3.48. The van der Waals surface area contributed by atoms with E-state index in [2.05, 4.69) is 32.9 Å². The van der Waals surface area contributed by atoms with Crippen LogP contribution in [0.2, 0.25) is 0 Å². The van der Waals surface area contributed by atoms with Crippen LogP contribution in [0, 0.1) is 12.8 Å². The highest BCUT2D eigenvalue weighted by Gasteiger charge is 2.18. The van der Waals surface area contributed by atoms with E-state index in [9.17, 15) is 0 Å². The summed E-state index contributed by atoms with van der Waals surface area (Å²) >= 11 is 0. The van der Waals surface area contributed by atoms with Crippen molar-refractivity contribution in [2.45, 2.75) is 26.3 Å². The van der Waals surface area contributed by atoms with Gasteiger partial charge in [-0.2, -0.15) is 0 Å². The van der Waals surface area contributed by atoms with Gasteiger partial charge in [-0.3, -0.25) is 0 Å². The fraction of sp³-hybridized carbons (Fsp3) is 0.800. The van der Waals surface area contributed by atoms with E-state index in [1.807, 2.05) is 6.20 Å². The van der Waals surface area contributed by atoms with Gasteiger partial charge >= 0.3 is 0 Å². The van der Waals surface area contributed by atoms with Crippen LogP contribution in [0.1, 0.15) is 18.7 Å². The Kier molecular flexibility index (Phi) is 6.50. The number of hydrogen-bond donors (Lipinski definition) is 1. The van der Waals surface area contributed by atoms with E-state index in [0.29, 0.717) is 0 Å². The molecule has 5 nitrogen and oxygen atoms in total. The maximum atomic E-state index is 5.05. The highest BCUT2D eigenvalue weighted by atomic mass is 16.5. The minimum absolute atomic E-state index is 0.809. The predicted molar refractivity (Wildman–Crippen MR) is 80.9 cm³/mol. The van der Waals surface area contributed by atoms with E-state index in [0.717, 1.165) is 44.5 Å². The number of likely N-dealkylation sites (tertiary alicyclic amines) is 1. The molecular formula is C15H28N4O. The highest BCUT2D eigenvalue weighted by Crippen LogP contribution is 2.16. The number of ether oxygens (including phenoxy) is 1. The lowest BCUT2D eigenvalue weighted by atomic mass is 9.97. The molecule has 0 atom stereocenters. The van der Waals surface area contributed by atoms with Gasteiger partial charge < -0.3 is 19.5 Å². The molecule has 1 N–H and O–H groups in total. The van der Waals surface area contributed by atoms with Crippen molar-refractivity contribution in [3.05, 3.63) is 18.2 Å². The summed E-state index contributed by atoms with van der Waals surface area (Å²) in [6.45, 7) is 9.63. The number of hydrogen-bond acceptors (Lipinski definition) is 4. The van der Waals surface area contributed by atoms with Gasteiger partial charge in [-0.15, -0.1) is 0 Å². The first-order valence-corrected chi connectivity index (χ1v) is 7.69. The third kappa shape index (κ3) is 4.89. The van der Waals surface area contributed by atoms with Gasteiger partial charge in [0, 0.05) is 39.1 Å². The van der Waals surface area contributed by atoms with Crippen LogP contribution in [0.3, 0.4) is 0 Å². The number of rotatable bonds is 8. The molecule has 0 bridgehead atoms. The fourth-order valence-electron chi connectivity index (χ4n) is 2.78. The second kappa shape index (κ2) is 8.39. The van der Waals surface area contributed by atoms with E-state index in [4.69, 9.17) is 4.74 Å². The molecule has 1 aromatic rings. The summed E-state index contributed by atoms with van der Waals surface area (Å²) in [6.07, 6.45) is 6.57. The minimum Gasteiger partial charge on any atom is -0.383 e. The molecule has 1 fully saturated rings. The van der Waals surface area contributed by atoms with E-state index >= 15 is 0 Å². The Labute approximate surface area is 122 Å². The summed E-state index contributed by atoms with van der Waals surface area (Å²) in [7, 11) is 1.75. The normalized spacial score (nSPS) is 17.7. The van der Waals surface area contributed by atoms with Crippen LogP contribution in [0.15, 0.2) is 12.4 Å². The first-order valence-electron chi connectivity index (χ1n) is 7.69. The van der Waals surface area contributed by atoms with Crippen LogP contribution in [-0.2, 0) is 11.3 Å². The van der Waals surface area contributed by atoms with E-state index in [1.54, 1.807) is 7.11 Å². The summed E-state index contributed by atoms with van der Waals surface area (Å²) < 4.78 is 7.28. The summed E-state index contributed by atoms with van der Waals surface area (Å²) in [5.74, 6) is 1.94. The number of nitrogens with one attached hydrogen (secondary N) is 1. The van der Waals surface area contributed by atoms with Gasteiger partial charge in [-0.1, -0.05) is 0 Å². The van der Waals surface area contributed by atoms with Gasteiger partial charge in [-0.05, 0) is 45.3 Å². The standard InChI is InChI=1S/C15H28N4O/c1-14-17-5-9-19(14)11-10-18-7-3-15(4-8-18)13-16-6-12-20-2/h5,9,15-16H,3-4,6-8,10-13H2,1-2H3. The molecule has 0 amide bonds. The van der Waals surface area contributed by atoms with Gasteiger partial charge in [0.05, 0.1) is 6.61 Å². The topological polar surface area (TPSA) is 42.3 Å². The van der Waals surface area contributed by atoms with Crippen molar-refractivity contribution in [3.63, 3.8) is 0 Å². The number of imidazole rings is 1. The molecule has 114 valence electrons. The van der Waals surface area contributed by atoms with Crippen LogP contribution < -0.4 is 5.32 Å². The molecule has 5 heteroatoms. The third-order valence-corrected chi connectivity index (χ3v) is 4.20. The lowest BCUT2D eigenvalue weighted by molar-refractivity contribution is 0.169. The highest BCUT2D eigenvalue weighted by molar-refractivity contribution is 4.88. The third-order valence-electron chi connectivity index (χ3n) is 4.20. The minimum atomic E-state index is 0.809. The number of piperidine rings is 1. The monoisotopic (exact) mass is 280 g/mol. The van der Waals surface area contributed by atoms with Crippen molar-refractivity contribution < 1.29 is 4.74 Å². The van der Waals surface area contributed by atoms with Crippen LogP contribution >= 0.6 is 0 Å². The lowest BCUT2D eigenvalue weighted by Gasteiger charge is -2.32. The smallest absolute Gasteiger partial charge is 0.105 e. The molecule has 1 saturated heterocycles. The fourth-order valence-corrected chi connectivity index (χ4v) is 2.78. The Morgan fingerprint density at radius 1 is 1.35 bits per heavy atom. The number of nitrogens with zero attached hydrogens (tertiary/aromatic N) is 3. The molecule has 1 aromatic heterocycles. The molecular weight excluding hydrogens is 252 g/mol. The predicted octanol–water partition coefficient (Wildman–Crippen LogP) is 1.14. The Hall–Kier alpha value is -0.910. The Morgan fingerprint density at radius 3 is 2.80 bits per heavy atom. The van der Waals surface area contributed by atoms with E-state index < -0.39 is 0 Å². The molecule has 20 heavy (non-hydrogen) atoms. The van der Waals surface area contributed by atoms with Gasteiger partial charge in [-0.25, -0.2) is 4.98 Å². The molecule has 1 aliphatic heterocycles. The van der Waals surface area contributed by atoms with E-state index in [1.165, 1.54) is 25.9 Å². The maximum absolute atomic E-state index is 5.05. The average molecular weight is 280 g/mol. The largest absolute Gasteiger partial charge is 0.383 e. The van der Waals surface area contributed by atoms with Crippen LogP contribution in [0.4, 0.5) is 0 Å². The Morgan fingerprint density at radius 2 is 2.15 bits per heavy atom. The molecule has 0 saturated carbocycles. The van der Waals surface area contributed by atoms with Crippen LogP contribution in [-0.4, -0.2) is 60.9 Å². The van der Waals surface area contributed by atoms with Crippen LogP contribution in [0.5, 0.6) is 0 Å². The molecule has 0 spiro atoms.